The zero-order chi connectivity index (χ0) is 14.7. The van der Waals surface area contributed by atoms with Gasteiger partial charge in [-0.3, -0.25) is 0 Å². The SMILES string of the molecule is CCc1cc2c(NC(C)C(CC)CC)nc(Cl)nc2s1. The molecule has 0 radical (unpaired) electrons. The van der Waals surface area contributed by atoms with E-state index < -0.39 is 0 Å². The standard InChI is InChI=1S/C15H22ClN3S/c1-5-10(6-2)9(4)17-13-12-8-11(7-3)20-14(12)19-15(16)18-13/h8-10H,5-7H2,1-4H3,(H,17,18,19). The van der Waals surface area contributed by atoms with E-state index in [2.05, 4.69) is 49.0 Å². The highest BCUT2D eigenvalue weighted by Gasteiger charge is 2.17. The zero-order valence-corrected chi connectivity index (χ0v) is 14.1. The molecule has 0 aromatic carbocycles. The Labute approximate surface area is 129 Å². The third-order valence-corrected chi connectivity index (χ3v) is 5.23. The van der Waals surface area contributed by atoms with Crippen LogP contribution < -0.4 is 5.32 Å². The predicted octanol–water partition coefficient (Wildman–Crippen LogP) is 5.14. The average molecular weight is 312 g/mol. The summed E-state index contributed by atoms with van der Waals surface area (Å²) < 4.78 is 0. The Morgan fingerprint density at radius 1 is 1.25 bits per heavy atom. The van der Waals surface area contributed by atoms with E-state index in [0.717, 1.165) is 35.3 Å². The van der Waals surface area contributed by atoms with Gasteiger partial charge < -0.3 is 5.32 Å². The van der Waals surface area contributed by atoms with Crippen molar-refractivity contribution in [3.8, 4) is 0 Å². The van der Waals surface area contributed by atoms with Gasteiger partial charge in [-0.25, -0.2) is 9.97 Å². The second kappa shape index (κ2) is 6.72. The third kappa shape index (κ3) is 3.23. The number of hydrogen-bond acceptors (Lipinski definition) is 4. The molecule has 110 valence electrons. The molecule has 20 heavy (non-hydrogen) atoms. The van der Waals surface area contributed by atoms with Crippen molar-refractivity contribution in [2.45, 2.75) is 53.0 Å². The van der Waals surface area contributed by atoms with Crippen LogP contribution >= 0.6 is 22.9 Å². The fourth-order valence-electron chi connectivity index (χ4n) is 2.56. The van der Waals surface area contributed by atoms with Crippen molar-refractivity contribution >= 4 is 39.0 Å². The number of anilines is 1. The highest BCUT2D eigenvalue weighted by Crippen LogP contribution is 2.31. The molecule has 1 N–H and O–H groups in total. The molecule has 2 aromatic rings. The quantitative estimate of drug-likeness (QED) is 0.750. The summed E-state index contributed by atoms with van der Waals surface area (Å²) in [7, 11) is 0. The topological polar surface area (TPSA) is 37.8 Å². The first-order valence-corrected chi connectivity index (χ1v) is 8.50. The molecule has 0 bridgehead atoms. The molecule has 0 saturated carbocycles. The zero-order valence-electron chi connectivity index (χ0n) is 12.5. The number of nitrogens with one attached hydrogen (secondary N) is 1. The van der Waals surface area contributed by atoms with Crippen LogP contribution in [-0.2, 0) is 6.42 Å². The summed E-state index contributed by atoms with van der Waals surface area (Å²) in [5.41, 5.74) is 0. The summed E-state index contributed by atoms with van der Waals surface area (Å²) in [6.07, 6.45) is 3.34. The van der Waals surface area contributed by atoms with Crippen molar-refractivity contribution in [1.29, 1.82) is 0 Å². The van der Waals surface area contributed by atoms with Gasteiger partial charge in [-0.05, 0) is 36.9 Å². The van der Waals surface area contributed by atoms with Gasteiger partial charge in [0, 0.05) is 10.9 Å². The van der Waals surface area contributed by atoms with E-state index in [1.807, 2.05) is 0 Å². The fraction of sp³-hybridized carbons (Fsp3) is 0.600. The molecule has 0 amide bonds. The summed E-state index contributed by atoms with van der Waals surface area (Å²) in [6, 6.07) is 2.56. The number of thiophene rings is 1. The summed E-state index contributed by atoms with van der Waals surface area (Å²) >= 11 is 7.75. The summed E-state index contributed by atoms with van der Waals surface area (Å²) in [6.45, 7) is 8.83. The first-order chi connectivity index (χ1) is 9.58. The number of rotatable bonds is 6. The van der Waals surface area contributed by atoms with Gasteiger partial charge >= 0.3 is 0 Å². The molecule has 0 aliphatic rings. The molecule has 1 unspecified atom stereocenters. The minimum atomic E-state index is 0.321. The van der Waals surface area contributed by atoms with Gasteiger partial charge in [-0.1, -0.05) is 33.6 Å². The summed E-state index contributed by atoms with van der Waals surface area (Å²) in [4.78, 5) is 11.0. The maximum absolute atomic E-state index is 6.05. The maximum Gasteiger partial charge on any atom is 0.225 e. The molecule has 0 saturated heterocycles. The van der Waals surface area contributed by atoms with Crippen LogP contribution in [0.4, 0.5) is 5.82 Å². The van der Waals surface area contributed by atoms with E-state index in [4.69, 9.17) is 11.6 Å². The van der Waals surface area contributed by atoms with Crippen molar-refractivity contribution in [1.82, 2.24) is 9.97 Å². The van der Waals surface area contributed by atoms with Crippen molar-refractivity contribution in [2.75, 3.05) is 5.32 Å². The highest BCUT2D eigenvalue weighted by atomic mass is 35.5. The lowest BCUT2D eigenvalue weighted by molar-refractivity contribution is 0.437. The van der Waals surface area contributed by atoms with Crippen LogP contribution in [0.1, 0.15) is 45.4 Å². The van der Waals surface area contributed by atoms with Crippen molar-refractivity contribution in [2.24, 2.45) is 5.92 Å². The smallest absolute Gasteiger partial charge is 0.225 e. The molecular weight excluding hydrogens is 290 g/mol. The van der Waals surface area contributed by atoms with Crippen LogP contribution in [0.5, 0.6) is 0 Å². The molecule has 3 nitrogen and oxygen atoms in total. The Kier molecular flexibility index (Phi) is 5.22. The van der Waals surface area contributed by atoms with Crippen molar-refractivity contribution in [3.63, 3.8) is 0 Å². The lowest BCUT2D eigenvalue weighted by atomic mass is 9.95. The molecule has 0 fully saturated rings. The average Bonchev–Trinajstić information content (AvgIpc) is 2.83. The van der Waals surface area contributed by atoms with E-state index in [1.165, 1.54) is 4.88 Å². The molecule has 2 aromatic heterocycles. The first-order valence-electron chi connectivity index (χ1n) is 7.31. The molecule has 0 aliphatic heterocycles. The Bertz CT molecular complexity index is 578. The third-order valence-electron chi connectivity index (χ3n) is 3.89. The predicted molar refractivity (Wildman–Crippen MR) is 89.0 cm³/mol. The lowest BCUT2D eigenvalue weighted by Crippen LogP contribution is -2.25. The minimum absolute atomic E-state index is 0.321. The van der Waals surface area contributed by atoms with Crippen LogP contribution in [0.3, 0.4) is 0 Å². The number of hydrogen-bond donors (Lipinski definition) is 1. The molecule has 1 atom stereocenters. The monoisotopic (exact) mass is 311 g/mol. The Balaban J connectivity index is 2.35. The summed E-state index contributed by atoms with van der Waals surface area (Å²) in [5.74, 6) is 1.51. The fourth-order valence-corrected chi connectivity index (χ4v) is 3.75. The van der Waals surface area contributed by atoms with Crippen LogP contribution in [0.2, 0.25) is 5.28 Å². The van der Waals surface area contributed by atoms with Gasteiger partial charge in [0.25, 0.3) is 0 Å². The lowest BCUT2D eigenvalue weighted by Gasteiger charge is -2.23. The van der Waals surface area contributed by atoms with Crippen molar-refractivity contribution in [3.05, 3.63) is 16.2 Å². The van der Waals surface area contributed by atoms with Crippen LogP contribution in [0, 0.1) is 5.92 Å². The van der Waals surface area contributed by atoms with E-state index in [1.54, 1.807) is 11.3 Å². The van der Waals surface area contributed by atoms with E-state index in [-0.39, 0.29) is 0 Å². The maximum atomic E-state index is 6.05. The van der Waals surface area contributed by atoms with Gasteiger partial charge in [-0.2, -0.15) is 0 Å². The second-order valence-electron chi connectivity index (χ2n) is 5.14. The number of nitrogens with zero attached hydrogens (tertiary/aromatic N) is 2. The second-order valence-corrected chi connectivity index (χ2v) is 6.59. The van der Waals surface area contributed by atoms with E-state index >= 15 is 0 Å². The minimum Gasteiger partial charge on any atom is -0.367 e. The van der Waals surface area contributed by atoms with Gasteiger partial charge in [0.2, 0.25) is 5.28 Å². The number of aryl methyl sites for hydroxylation is 1. The molecule has 2 rings (SSSR count). The molecule has 5 heteroatoms. The van der Waals surface area contributed by atoms with E-state index in [0.29, 0.717) is 17.2 Å². The normalized spacial score (nSPS) is 13.1. The largest absolute Gasteiger partial charge is 0.367 e. The Hall–Kier alpha value is -0.870. The first kappa shape index (κ1) is 15.5. The van der Waals surface area contributed by atoms with Gasteiger partial charge in [0.1, 0.15) is 10.6 Å². The Morgan fingerprint density at radius 2 is 1.95 bits per heavy atom. The van der Waals surface area contributed by atoms with Crippen LogP contribution in [0.15, 0.2) is 6.07 Å². The molecule has 2 heterocycles. The van der Waals surface area contributed by atoms with Gasteiger partial charge in [0.05, 0.1) is 5.39 Å². The van der Waals surface area contributed by atoms with Gasteiger partial charge in [-0.15, -0.1) is 11.3 Å². The number of aromatic nitrogens is 2. The van der Waals surface area contributed by atoms with Crippen LogP contribution in [-0.4, -0.2) is 16.0 Å². The molecule has 0 aliphatic carbocycles. The Morgan fingerprint density at radius 3 is 2.55 bits per heavy atom. The highest BCUT2D eigenvalue weighted by molar-refractivity contribution is 7.18. The number of fused-ring (bicyclic) bond motifs is 1. The van der Waals surface area contributed by atoms with Crippen LogP contribution in [0.25, 0.3) is 10.2 Å². The molecular formula is C15H22ClN3S. The van der Waals surface area contributed by atoms with Crippen molar-refractivity contribution < 1.29 is 0 Å². The summed E-state index contributed by atoms with van der Waals surface area (Å²) in [5, 5.41) is 4.95. The molecule has 0 spiro atoms. The number of halogens is 1. The van der Waals surface area contributed by atoms with Gasteiger partial charge in [0.15, 0.2) is 0 Å². The van der Waals surface area contributed by atoms with E-state index in [9.17, 15) is 0 Å².